The number of para-hydroxylation sites is 2. The van der Waals surface area contributed by atoms with Crippen molar-refractivity contribution in [2.45, 2.75) is 0 Å². The number of primary amides is 1. The van der Waals surface area contributed by atoms with Crippen LogP contribution < -0.4 is 16.2 Å². The molecule has 0 aliphatic heterocycles. The molecule has 0 aliphatic carbocycles. The van der Waals surface area contributed by atoms with E-state index in [2.05, 4.69) is 25.1 Å². The third kappa shape index (κ3) is 2.32. The van der Waals surface area contributed by atoms with E-state index >= 15 is 0 Å². The van der Waals surface area contributed by atoms with Crippen molar-refractivity contribution in [2.24, 2.45) is 5.73 Å². The quantitative estimate of drug-likeness (QED) is 0.491. The van der Waals surface area contributed by atoms with Crippen LogP contribution in [0.2, 0.25) is 0 Å². The van der Waals surface area contributed by atoms with Crippen molar-refractivity contribution in [1.29, 1.82) is 0 Å². The first kappa shape index (κ1) is 15.6. The highest BCUT2D eigenvalue weighted by atomic mass is 16.5. The van der Waals surface area contributed by atoms with Crippen molar-refractivity contribution in [3.05, 3.63) is 52.8 Å². The molecule has 0 fully saturated rings. The van der Waals surface area contributed by atoms with Crippen molar-refractivity contribution in [3.63, 3.8) is 0 Å². The summed E-state index contributed by atoms with van der Waals surface area (Å²) in [6, 6.07) is 6.96. The fourth-order valence-electron chi connectivity index (χ4n) is 2.70. The van der Waals surface area contributed by atoms with Gasteiger partial charge in [0.1, 0.15) is 11.3 Å². The number of carbonyl (C=O) groups excluding carboxylic acids is 1. The van der Waals surface area contributed by atoms with Crippen LogP contribution in [0, 0.1) is 0 Å². The molecule has 0 atom stereocenters. The number of carbonyl (C=O) groups is 1. The Morgan fingerprint density at radius 3 is 2.77 bits per heavy atom. The number of hydrogen-bond donors (Lipinski definition) is 3. The number of nitrogens with zero attached hydrogens (tertiary/aromatic N) is 4. The molecular formula is C16H13N7O3. The maximum Gasteiger partial charge on any atom is 0.332 e. The smallest absolute Gasteiger partial charge is 0.332 e. The molecular weight excluding hydrogens is 338 g/mol. The van der Waals surface area contributed by atoms with Crippen LogP contribution in [0.25, 0.3) is 28.2 Å². The van der Waals surface area contributed by atoms with Crippen LogP contribution >= 0.6 is 0 Å². The topological polar surface area (TPSA) is 145 Å². The minimum Gasteiger partial charge on any atom is -0.495 e. The maximum atomic E-state index is 12.6. The molecule has 4 rings (SSSR count). The number of aromatic nitrogens is 6. The molecule has 0 unspecified atom stereocenters. The van der Waals surface area contributed by atoms with Crippen LogP contribution in [0.1, 0.15) is 10.5 Å². The van der Waals surface area contributed by atoms with E-state index < -0.39 is 11.6 Å². The van der Waals surface area contributed by atoms with Crippen molar-refractivity contribution >= 4 is 17.1 Å². The van der Waals surface area contributed by atoms with Crippen LogP contribution in [0.4, 0.5) is 0 Å². The van der Waals surface area contributed by atoms with Gasteiger partial charge < -0.3 is 15.5 Å². The number of rotatable bonds is 4. The van der Waals surface area contributed by atoms with E-state index in [0.29, 0.717) is 17.0 Å². The van der Waals surface area contributed by atoms with Gasteiger partial charge in [-0.25, -0.2) is 19.3 Å². The van der Waals surface area contributed by atoms with Gasteiger partial charge in [-0.3, -0.25) is 9.89 Å². The van der Waals surface area contributed by atoms with Gasteiger partial charge in [0.2, 0.25) is 0 Å². The van der Waals surface area contributed by atoms with E-state index in [9.17, 15) is 9.59 Å². The Kier molecular flexibility index (Phi) is 3.50. The van der Waals surface area contributed by atoms with Gasteiger partial charge in [-0.15, -0.1) is 0 Å². The van der Waals surface area contributed by atoms with Gasteiger partial charge in [0, 0.05) is 6.20 Å². The Balaban J connectivity index is 2.10. The summed E-state index contributed by atoms with van der Waals surface area (Å²) in [7, 11) is 1.50. The highest BCUT2D eigenvalue weighted by molar-refractivity contribution is 6.02. The van der Waals surface area contributed by atoms with Gasteiger partial charge in [-0.05, 0) is 12.1 Å². The number of ether oxygens (including phenoxy) is 1. The van der Waals surface area contributed by atoms with Gasteiger partial charge in [0.15, 0.2) is 17.2 Å². The standard InChI is InChI=1S/C16H13N7O3/c1-26-10-5-3-2-4-9(10)23-15-12(21-16(23)25)11(13(17)24)20-14(22-15)8-6-18-19-7-8/h2-7H,1H3,(H2,17,24)(H,18,19)(H,21,25). The summed E-state index contributed by atoms with van der Waals surface area (Å²) in [5, 5.41) is 6.50. The number of imidazole rings is 1. The number of fused-ring (bicyclic) bond motifs is 1. The number of nitrogens with one attached hydrogen (secondary N) is 2. The Morgan fingerprint density at radius 2 is 2.08 bits per heavy atom. The van der Waals surface area contributed by atoms with E-state index in [4.69, 9.17) is 10.5 Å². The monoisotopic (exact) mass is 351 g/mol. The first-order valence-electron chi connectivity index (χ1n) is 7.55. The molecule has 4 N–H and O–H groups in total. The third-order valence-electron chi connectivity index (χ3n) is 3.85. The molecule has 0 saturated heterocycles. The fourth-order valence-corrected chi connectivity index (χ4v) is 2.70. The summed E-state index contributed by atoms with van der Waals surface area (Å²) < 4.78 is 6.64. The Bertz CT molecular complexity index is 1170. The fraction of sp³-hybridized carbons (Fsp3) is 0.0625. The second-order valence-electron chi connectivity index (χ2n) is 5.38. The predicted octanol–water partition coefficient (Wildman–Crippen LogP) is 0.606. The van der Waals surface area contributed by atoms with Crippen molar-refractivity contribution < 1.29 is 9.53 Å². The second kappa shape index (κ2) is 5.84. The number of aromatic amines is 2. The maximum absolute atomic E-state index is 12.6. The normalized spacial score (nSPS) is 11.0. The van der Waals surface area contributed by atoms with E-state index in [0.717, 1.165) is 0 Å². The first-order chi connectivity index (χ1) is 12.6. The molecule has 1 aromatic carbocycles. The van der Waals surface area contributed by atoms with E-state index in [1.54, 1.807) is 30.5 Å². The molecule has 10 nitrogen and oxygen atoms in total. The SMILES string of the molecule is COc1ccccc1-n1c(=O)[nH]c2c(C(N)=O)nc(-c3cn[nH]c3)nc21. The molecule has 0 bridgehead atoms. The number of benzene rings is 1. The van der Waals surface area contributed by atoms with Gasteiger partial charge in [0.05, 0.1) is 24.6 Å². The molecule has 0 spiro atoms. The van der Waals surface area contributed by atoms with Crippen LogP contribution in [0.15, 0.2) is 41.5 Å². The lowest BCUT2D eigenvalue weighted by Gasteiger charge is -2.09. The van der Waals surface area contributed by atoms with Crippen LogP contribution in [-0.4, -0.2) is 42.7 Å². The van der Waals surface area contributed by atoms with Gasteiger partial charge >= 0.3 is 5.69 Å². The average molecular weight is 351 g/mol. The zero-order valence-electron chi connectivity index (χ0n) is 13.6. The predicted molar refractivity (Wildman–Crippen MR) is 92.1 cm³/mol. The molecule has 3 heterocycles. The number of H-pyrrole nitrogens is 2. The van der Waals surface area contributed by atoms with E-state index in [1.807, 2.05) is 0 Å². The molecule has 3 aromatic heterocycles. The number of nitrogens with two attached hydrogens (primary N) is 1. The zero-order chi connectivity index (χ0) is 18.3. The van der Waals surface area contributed by atoms with E-state index in [-0.39, 0.29) is 22.7 Å². The van der Waals surface area contributed by atoms with Gasteiger partial charge in [-0.2, -0.15) is 5.10 Å². The lowest BCUT2D eigenvalue weighted by Crippen LogP contribution is -2.16. The van der Waals surface area contributed by atoms with E-state index in [1.165, 1.54) is 17.9 Å². The second-order valence-corrected chi connectivity index (χ2v) is 5.38. The van der Waals surface area contributed by atoms with Crippen molar-refractivity contribution in [1.82, 2.24) is 29.7 Å². The zero-order valence-corrected chi connectivity index (χ0v) is 13.6. The minimum absolute atomic E-state index is 0.0862. The Hall–Kier alpha value is -3.95. The number of methoxy groups -OCH3 is 1. The van der Waals surface area contributed by atoms with Crippen molar-refractivity contribution in [3.8, 4) is 22.8 Å². The van der Waals surface area contributed by atoms with Crippen LogP contribution in [0.3, 0.4) is 0 Å². The lowest BCUT2D eigenvalue weighted by atomic mass is 10.2. The minimum atomic E-state index is -0.782. The van der Waals surface area contributed by atoms with Crippen molar-refractivity contribution in [2.75, 3.05) is 7.11 Å². The van der Waals surface area contributed by atoms with Gasteiger partial charge in [0.25, 0.3) is 5.91 Å². The Labute approximate surface area is 145 Å². The lowest BCUT2D eigenvalue weighted by molar-refractivity contribution is 0.0997. The average Bonchev–Trinajstić information content (AvgIpc) is 3.27. The van der Waals surface area contributed by atoms with Crippen LogP contribution in [0.5, 0.6) is 5.75 Å². The molecule has 0 saturated carbocycles. The highest BCUT2D eigenvalue weighted by Gasteiger charge is 2.21. The molecule has 26 heavy (non-hydrogen) atoms. The first-order valence-corrected chi connectivity index (χ1v) is 7.55. The summed E-state index contributed by atoms with van der Waals surface area (Å²) in [6.07, 6.45) is 3.08. The molecule has 4 aromatic rings. The molecule has 1 amide bonds. The molecule has 10 heteroatoms. The summed E-state index contributed by atoms with van der Waals surface area (Å²) in [6.45, 7) is 0. The summed E-state index contributed by atoms with van der Waals surface area (Å²) in [5.41, 5.74) is 6.25. The molecule has 130 valence electrons. The summed E-state index contributed by atoms with van der Waals surface area (Å²) >= 11 is 0. The Morgan fingerprint density at radius 1 is 1.27 bits per heavy atom. The molecule has 0 radical (unpaired) electrons. The van der Waals surface area contributed by atoms with Crippen LogP contribution in [-0.2, 0) is 0 Å². The molecule has 0 aliphatic rings. The third-order valence-corrected chi connectivity index (χ3v) is 3.85. The number of amides is 1. The summed E-state index contributed by atoms with van der Waals surface area (Å²) in [4.78, 5) is 35.7. The number of hydrogen-bond acceptors (Lipinski definition) is 6. The van der Waals surface area contributed by atoms with Gasteiger partial charge in [-0.1, -0.05) is 12.1 Å². The summed E-state index contributed by atoms with van der Waals surface area (Å²) in [5.74, 6) is -0.0992. The highest BCUT2D eigenvalue weighted by Crippen LogP contribution is 2.25. The largest absolute Gasteiger partial charge is 0.495 e.